The lowest BCUT2D eigenvalue weighted by atomic mass is 10.2. The maximum Gasteiger partial charge on any atom is 0.272 e. The monoisotopic (exact) mass is 300 g/mol. The Labute approximate surface area is 119 Å². The van der Waals surface area contributed by atoms with E-state index in [0.717, 1.165) is 0 Å². The van der Waals surface area contributed by atoms with Crippen LogP contribution in [0.25, 0.3) is 0 Å². The molecule has 1 aromatic carbocycles. The van der Waals surface area contributed by atoms with Crippen LogP contribution in [0.4, 0.5) is 11.4 Å². The normalized spacial score (nSPS) is 12.2. The fourth-order valence-electron chi connectivity index (χ4n) is 1.63. The van der Waals surface area contributed by atoms with Gasteiger partial charge in [0.15, 0.2) is 0 Å². The van der Waals surface area contributed by atoms with E-state index in [1.54, 1.807) is 12.3 Å². The second-order valence-electron chi connectivity index (χ2n) is 3.92. The summed E-state index contributed by atoms with van der Waals surface area (Å²) in [4.78, 5) is 10.1. The van der Waals surface area contributed by atoms with E-state index in [2.05, 4.69) is 5.32 Å². The first-order valence-corrected chi connectivity index (χ1v) is 6.18. The number of nitrogens with zero attached hydrogens (tertiary/aromatic N) is 1. The smallest absolute Gasteiger partial charge is 0.272 e. The molecule has 1 unspecified atom stereocenters. The SMILES string of the molecule is CC(Nc1c(Cl)cc([N+](=O)[O-])cc1Cl)c1ccco1. The average molecular weight is 301 g/mol. The van der Waals surface area contributed by atoms with Crippen LogP contribution >= 0.6 is 23.2 Å². The Morgan fingerprint density at radius 3 is 2.47 bits per heavy atom. The predicted octanol–water partition coefficient (Wildman–Crippen LogP) is 4.67. The summed E-state index contributed by atoms with van der Waals surface area (Å²) in [5.74, 6) is 0.713. The summed E-state index contributed by atoms with van der Waals surface area (Å²) in [5, 5.41) is 14.1. The van der Waals surface area contributed by atoms with Gasteiger partial charge in [-0.05, 0) is 19.1 Å². The van der Waals surface area contributed by atoms with Gasteiger partial charge in [0.05, 0.1) is 33.0 Å². The topological polar surface area (TPSA) is 68.3 Å². The van der Waals surface area contributed by atoms with Gasteiger partial charge in [0.1, 0.15) is 5.76 Å². The molecular weight excluding hydrogens is 291 g/mol. The van der Waals surface area contributed by atoms with E-state index in [1.165, 1.54) is 12.1 Å². The van der Waals surface area contributed by atoms with E-state index >= 15 is 0 Å². The van der Waals surface area contributed by atoms with Crippen LogP contribution in [0, 0.1) is 10.1 Å². The van der Waals surface area contributed by atoms with Crippen LogP contribution in [0.2, 0.25) is 10.0 Å². The Morgan fingerprint density at radius 1 is 1.37 bits per heavy atom. The summed E-state index contributed by atoms with van der Waals surface area (Å²) < 4.78 is 5.25. The van der Waals surface area contributed by atoms with Crippen molar-refractivity contribution in [3.05, 3.63) is 56.4 Å². The zero-order valence-corrected chi connectivity index (χ0v) is 11.4. The van der Waals surface area contributed by atoms with Crippen molar-refractivity contribution in [2.45, 2.75) is 13.0 Å². The molecule has 0 spiro atoms. The lowest BCUT2D eigenvalue weighted by Crippen LogP contribution is -2.06. The molecule has 0 aliphatic carbocycles. The lowest BCUT2D eigenvalue weighted by molar-refractivity contribution is -0.384. The number of anilines is 1. The maximum atomic E-state index is 10.7. The summed E-state index contributed by atoms with van der Waals surface area (Å²) in [6.45, 7) is 1.87. The van der Waals surface area contributed by atoms with Gasteiger partial charge < -0.3 is 9.73 Å². The van der Waals surface area contributed by atoms with E-state index < -0.39 is 4.92 Å². The van der Waals surface area contributed by atoms with E-state index in [4.69, 9.17) is 27.6 Å². The molecule has 5 nitrogen and oxygen atoms in total. The summed E-state index contributed by atoms with van der Waals surface area (Å²) in [6, 6.07) is 5.93. The van der Waals surface area contributed by atoms with Crippen LogP contribution in [0.15, 0.2) is 34.9 Å². The highest BCUT2D eigenvalue weighted by molar-refractivity contribution is 6.39. The largest absolute Gasteiger partial charge is 0.467 e. The van der Waals surface area contributed by atoms with Gasteiger partial charge in [0, 0.05) is 12.1 Å². The molecule has 0 bridgehead atoms. The number of halogens is 2. The molecule has 100 valence electrons. The molecular formula is C12H10Cl2N2O3. The highest BCUT2D eigenvalue weighted by Crippen LogP contribution is 2.36. The number of hydrogen-bond donors (Lipinski definition) is 1. The fourth-order valence-corrected chi connectivity index (χ4v) is 2.21. The Bertz CT molecular complexity index is 576. The molecule has 0 saturated heterocycles. The van der Waals surface area contributed by atoms with Gasteiger partial charge >= 0.3 is 0 Å². The molecule has 0 radical (unpaired) electrons. The van der Waals surface area contributed by atoms with Crippen LogP contribution in [0.5, 0.6) is 0 Å². The van der Waals surface area contributed by atoms with E-state index in [-0.39, 0.29) is 21.8 Å². The van der Waals surface area contributed by atoms with Crippen molar-refractivity contribution in [2.75, 3.05) is 5.32 Å². The minimum absolute atomic E-state index is 0.147. The number of non-ortho nitro benzene ring substituents is 1. The first-order valence-electron chi connectivity index (χ1n) is 5.42. The number of nitrogens with one attached hydrogen (secondary N) is 1. The van der Waals surface area contributed by atoms with Gasteiger partial charge in [-0.3, -0.25) is 10.1 Å². The van der Waals surface area contributed by atoms with Crippen LogP contribution in [-0.2, 0) is 0 Å². The highest BCUT2D eigenvalue weighted by Gasteiger charge is 2.17. The second-order valence-corrected chi connectivity index (χ2v) is 4.74. The fraction of sp³-hybridized carbons (Fsp3) is 0.167. The van der Waals surface area contributed by atoms with Crippen LogP contribution in [0.3, 0.4) is 0 Å². The molecule has 0 aliphatic heterocycles. The van der Waals surface area contributed by atoms with Gasteiger partial charge in [-0.25, -0.2) is 0 Å². The Balaban J connectivity index is 2.28. The molecule has 1 atom stereocenters. The number of nitro groups is 1. The zero-order valence-electron chi connectivity index (χ0n) is 9.89. The number of hydrogen-bond acceptors (Lipinski definition) is 4. The van der Waals surface area contributed by atoms with Gasteiger partial charge in [-0.1, -0.05) is 23.2 Å². The van der Waals surface area contributed by atoms with Crippen molar-refractivity contribution >= 4 is 34.6 Å². The third-order valence-corrected chi connectivity index (χ3v) is 3.16. The minimum Gasteiger partial charge on any atom is -0.467 e. The van der Waals surface area contributed by atoms with Gasteiger partial charge in [0.2, 0.25) is 0 Å². The summed E-state index contributed by atoms with van der Waals surface area (Å²) >= 11 is 12.0. The molecule has 0 aliphatic rings. The Morgan fingerprint density at radius 2 is 2.00 bits per heavy atom. The first kappa shape index (κ1) is 13.7. The molecule has 1 N–H and O–H groups in total. The average Bonchev–Trinajstić information content (AvgIpc) is 2.86. The van der Waals surface area contributed by atoms with Crippen molar-refractivity contribution in [1.29, 1.82) is 0 Å². The minimum atomic E-state index is -0.544. The van der Waals surface area contributed by atoms with Crippen LogP contribution < -0.4 is 5.32 Å². The van der Waals surface area contributed by atoms with Crippen molar-refractivity contribution in [3.8, 4) is 0 Å². The molecule has 2 rings (SSSR count). The summed E-state index contributed by atoms with van der Waals surface area (Å²) in [5.41, 5.74) is 0.295. The van der Waals surface area contributed by atoms with Crippen molar-refractivity contribution in [2.24, 2.45) is 0 Å². The zero-order chi connectivity index (χ0) is 14.0. The lowest BCUT2D eigenvalue weighted by Gasteiger charge is -2.15. The molecule has 1 heterocycles. The number of nitro benzene ring substituents is 1. The van der Waals surface area contributed by atoms with Crippen molar-refractivity contribution in [1.82, 2.24) is 0 Å². The number of rotatable bonds is 4. The quantitative estimate of drug-likeness (QED) is 0.658. The van der Waals surface area contributed by atoms with Gasteiger partial charge in [-0.15, -0.1) is 0 Å². The van der Waals surface area contributed by atoms with Crippen molar-refractivity contribution in [3.63, 3.8) is 0 Å². The molecule has 2 aromatic rings. The third-order valence-electron chi connectivity index (χ3n) is 2.57. The molecule has 1 aromatic heterocycles. The summed E-state index contributed by atoms with van der Waals surface area (Å²) in [6.07, 6.45) is 1.56. The van der Waals surface area contributed by atoms with E-state index in [9.17, 15) is 10.1 Å². The standard InChI is InChI=1S/C12H10Cl2N2O3/c1-7(11-3-2-4-19-11)15-12-9(13)5-8(16(17)18)6-10(12)14/h2-7,15H,1H3. The van der Waals surface area contributed by atoms with Crippen LogP contribution in [0.1, 0.15) is 18.7 Å². The summed E-state index contributed by atoms with van der Waals surface area (Å²) in [7, 11) is 0. The second kappa shape index (κ2) is 5.50. The molecule has 7 heteroatoms. The molecule has 0 fully saturated rings. The maximum absolute atomic E-state index is 10.7. The van der Waals surface area contributed by atoms with E-state index in [1.807, 2.05) is 13.0 Å². The predicted molar refractivity (Wildman–Crippen MR) is 73.9 cm³/mol. The molecule has 0 saturated carbocycles. The third kappa shape index (κ3) is 3.00. The van der Waals surface area contributed by atoms with Gasteiger partial charge in [0.25, 0.3) is 5.69 Å². The van der Waals surface area contributed by atoms with Crippen LogP contribution in [-0.4, -0.2) is 4.92 Å². The number of furan rings is 1. The molecule has 0 amide bonds. The van der Waals surface area contributed by atoms with Gasteiger partial charge in [-0.2, -0.15) is 0 Å². The Kier molecular flexibility index (Phi) is 3.97. The van der Waals surface area contributed by atoms with E-state index in [0.29, 0.717) is 11.4 Å². The molecule has 19 heavy (non-hydrogen) atoms. The number of benzene rings is 1. The Hall–Kier alpha value is -1.72. The van der Waals surface area contributed by atoms with Crippen molar-refractivity contribution < 1.29 is 9.34 Å². The first-order chi connectivity index (χ1) is 8.99. The highest BCUT2D eigenvalue weighted by atomic mass is 35.5.